The lowest BCUT2D eigenvalue weighted by molar-refractivity contribution is -0.0241. The van der Waals surface area contributed by atoms with Crippen LogP contribution < -0.4 is 0 Å². The maximum absolute atomic E-state index is 6.05. The molecule has 1 rings (SSSR count). The van der Waals surface area contributed by atoms with E-state index in [4.69, 9.17) is 4.74 Å². The van der Waals surface area contributed by atoms with Crippen molar-refractivity contribution in [3.8, 4) is 0 Å². The molecule has 0 aromatic carbocycles. The third-order valence-electron chi connectivity index (χ3n) is 3.77. The Morgan fingerprint density at radius 1 is 1.25 bits per heavy atom. The van der Waals surface area contributed by atoms with Crippen molar-refractivity contribution in [3.63, 3.8) is 0 Å². The highest BCUT2D eigenvalue weighted by atomic mass is 16.5. The van der Waals surface area contributed by atoms with Gasteiger partial charge in [-0.05, 0) is 39.0 Å². The zero-order chi connectivity index (χ0) is 12.0. The zero-order valence-corrected chi connectivity index (χ0v) is 11.7. The van der Waals surface area contributed by atoms with Crippen molar-refractivity contribution in [2.75, 3.05) is 0 Å². The first-order valence-corrected chi connectivity index (χ1v) is 7.21. The molecule has 0 N–H and O–H groups in total. The van der Waals surface area contributed by atoms with E-state index < -0.39 is 0 Å². The molecule has 1 heterocycles. The van der Waals surface area contributed by atoms with Crippen LogP contribution >= 0.6 is 0 Å². The van der Waals surface area contributed by atoms with E-state index >= 15 is 0 Å². The number of rotatable bonds is 7. The third kappa shape index (κ3) is 5.34. The predicted molar refractivity (Wildman–Crippen MR) is 70.7 cm³/mol. The Balaban J connectivity index is 2.08. The van der Waals surface area contributed by atoms with Gasteiger partial charge in [0.25, 0.3) is 0 Å². The second-order valence-corrected chi connectivity index (χ2v) is 6.23. The molecule has 16 heavy (non-hydrogen) atoms. The van der Waals surface area contributed by atoms with Crippen LogP contribution in [0.25, 0.3) is 0 Å². The number of unbranched alkanes of at least 4 members (excludes halogenated alkanes) is 3. The van der Waals surface area contributed by atoms with Crippen molar-refractivity contribution in [1.29, 1.82) is 0 Å². The molecular weight excluding hydrogens is 196 g/mol. The Labute approximate surface area is 102 Å². The van der Waals surface area contributed by atoms with Crippen LogP contribution in [0, 0.1) is 5.92 Å². The summed E-state index contributed by atoms with van der Waals surface area (Å²) < 4.78 is 6.05. The average Bonchev–Trinajstić information content (AvgIpc) is 2.53. The summed E-state index contributed by atoms with van der Waals surface area (Å²) in [5.74, 6) is 0.843. The monoisotopic (exact) mass is 226 g/mol. The van der Waals surface area contributed by atoms with Crippen LogP contribution in [0.1, 0.15) is 79.1 Å². The lowest BCUT2D eigenvalue weighted by Gasteiger charge is -2.21. The summed E-state index contributed by atoms with van der Waals surface area (Å²) in [6.45, 7) is 9.11. The van der Waals surface area contributed by atoms with Gasteiger partial charge in [-0.3, -0.25) is 0 Å². The van der Waals surface area contributed by atoms with Crippen molar-refractivity contribution in [2.24, 2.45) is 5.92 Å². The van der Waals surface area contributed by atoms with Crippen LogP contribution in [-0.2, 0) is 4.74 Å². The molecule has 0 spiro atoms. The smallest absolute Gasteiger partial charge is 0.0631 e. The summed E-state index contributed by atoms with van der Waals surface area (Å²) in [4.78, 5) is 0. The van der Waals surface area contributed by atoms with Gasteiger partial charge in [0.1, 0.15) is 0 Å². The fraction of sp³-hybridized carbons (Fsp3) is 1.00. The molecule has 1 fully saturated rings. The van der Waals surface area contributed by atoms with Crippen LogP contribution in [0.4, 0.5) is 0 Å². The first-order chi connectivity index (χ1) is 7.53. The summed E-state index contributed by atoms with van der Waals surface area (Å²) in [5.41, 5.74) is 0.145. The quantitative estimate of drug-likeness (QED) is 0.559. The van der Waals surface area contributed by atoms with E-state index in [1.165, 1.54) is 51.4 Å². The minimum atomic E-state index is 0.145. The van der Waals surface area contributed by atoms with E-state index in [1.807, 2.05) is 0 Å². The summed E-state index contributed by atoms with van der Waals surface area (Å²) >= 11 is 0. The fourth-order valence-electron chi connectivity index (χ4n) is 2.73. The number of hydrogen-bond acceptors (Lipinski definition) is 1. The SMILES string of the molecule is CCCCCCC(C)CC1CCC(C)(C)O1. The van der Waals surface area contributed by atoms with Gasteiger partial charge in [-0.1, -0.05) is 46.0 Å². The summed E-state index contributed by atoms with van der Waals surface area (Å²) in [7, 11) is 0. The summed E-state index contributed by atoms with van der Waals surface area (Å²) in [6, 6.07) is 0. The van der Waals surface area contributed by atoms with E-state index in [2.05, 4.69) is 27.7 Å². The molecule has 1 aliphatic rings. The highest BCUT2D eigenvalue weighted by Crippen LogP contribution is 2.33. The van der Waals surface area contributed by atoms with Gasteiger partial charge in [-0.2, -0.15) is 0 Å². The molecule has 0 saturated carbocycles. The Bertz CT molecular complexity index is 186. The summed E-state index contributed by atoms with van der Waals surface area (Å²) in [6.07, 6.45) is 11.3. The predicted octanol–water partition coefficient (Wildman–Crippen LogP) is 4.94. The zero-order valence-electron chi connectivity index (χ0n) is 11.7. The lowest BCUT2D eigenvalue weighted by Crippen LogP contribution is -2.21. The molecule has 0 amide bonds. The second-order valence-electron chi connectivity index (χ2n) is 6.23. The van der Waals surface area contributed by atoms with Crippen LogP contribution in [-0.4, -0.2) is 11.7 Å². The minimum Gasteiger partial charge on any atom is -0.372 e. The Morgan fingerprint density at radius 2 is 2.00 bits per heavy atom. The fourth-order valence-corrected chi connectivity index (χ4v) is 2.73. The standard InChI is InChI=1S/C15H30O/c1-5-6-7-8-9-13(2)12-14-10-11-15(3,4)16-14/h13-14H,5-12H2,1-4H3. The average molecular weight is 226 g/mol. The van der Waals surface area contributed by atoms with E-state index in [9.17, 15) is 0 Å². The van der Waals surface area contributed by atoms with Crippen molar-refractivity contribution < 1.29 is 4.74 Å². The van der Waals surface area contributed by atoms with Gasteiger partial charge in [0.05, 0.1) is 11.7 Å². The Morgan fingerprint density at radius 3 is 2.56 bits per heavy atom. The molecule has 2 atom stereocenters. The lowest BCUT2D eigenvalue weighted by atomic mass is 9.95. The van der Waals surface area contributed by atoms with Crippen LogP contribution in [0.5, 0.6) is 0 Å². The highest BCUT2D eigenvalue weighted by Gasteiger charge is 2.31. The first kappa shape index (κ1) is 14.0. The normalized spacial score (nSPS) is 25.9. The molecule has 96 valence electrons. The van der Waals surface area contributed by atoms with Crippen LogP contribution in [0.15, 0.2) is 0 Å². The van der Waals surface area contributed by atoms with E-state index in [0.717, 1.165) is 5.92 Å². The highest BCUT2D eigenvalue weighted by molar-refractivity contribution is 4.81. The Kier molecular flexibility index (Phi) is 5.82. The van der Waals surface area contributed by atoms with Gasteiger partial charge in [0.2, 0.25) is 0 Å². The Hall–Kier alpha value is -0.0400. The number of ether oxygens (including phenoxy) is 1. The van der Waals surface area contributed by atoms with Gasteiger partial charge >= 0.3 is 0 Å². The molecule has 1 nitrogen and oxygen atoms in total. The van der Waals surface area contributed by atoms with Gasteiger partial charge in [0, 0.05) is 0 Å². The topological polar surface area (TPSA) is 9.23 Å². The molecule has 0 radical (unpaired) electrons. The van der Waals surface area contributed by atoms with Crippen molar-refractivity contribution in [2.45, 2.75) is 90.8 Å². The third-order valence-corrected chi connectivity index (χ3v) is 3.77. The molecule has 0 aromatic rings. The summed E-state index contributed by atoms with van der Waals surface area (Å²) in [5, 5.41) is 0. The molecule has 0 aliphatic carbocycles. The molecular formula is C15H30O. The maximum Gasteiger partial charge on any atom is 0.0631 e. The van der Waals surface area contributed by atoms with Crippen molar-refractivity contribution in [3.05, 3.63) is 0 Å². The van der Waals surface area contributed by atoms with E-state index in [0.29, 0.717) is 6.10 Å². The minimum absolute atomic E-state index is 0.145. The van der Waals surface area contributed by atoms with Gasteiger partial charge in [-0.15, -0.1) is 0 Å². The molecule has 0 aromatic heterocycles. The van der Waals surface area contributed by atoms with Gasteiger partial charge < -0.3 is 4.74 Å². The first-order valence-electron chi connectivity index (χ1n) is 7.21. The molecule has 2 unspecified atom stereocenters. The van der Waals surface area contributed by atoms with Crippen molar-refractivity contribution in [1.82, 2.24) is 0 Å². The van der Waals surface area contributed by atoms with E-state index in [-0.39, 0.29) is 5.60 Å². The molecule has 1 heteroatoms. The van der Waals surface area contributed by atoms with Crippen LogP contribution in [0.2, 0.25) is 0 Å². The van der Waals surface area contributed by atoms with Gasteiger partial charge in [0.15, 0.2) is 0 Å². The maximum atomic E-state index is 6.05. The molecule has 0 bridgehead atoms. The van der Waals surface area contributed by atoms with E-state index in [1.54, 1.807) is 0 Å². The largest absolute Gasteiger partial charge is 0.372 e. The van der Waals surface area contributed by atoms with Gasteiger partial charge in [-0.25, -0.2) is 0 Å². The molecule has 1 aliphatic heterocycles. The van der Waals surface area contributed by atoms with Crippen molar-refractivity contribution >= 4 is 0 Å². The number of hydrogen-bond donors (Lipinski definition) is 0. The molecule has 1 saturated heterocycles. The van der Waals surface area contributed by atoms with Crippen LogP contribution in [0.3, 0.4) is 0 Å². The second kappa shape index (κ2) is 6.64.